The molecule has 6 heteroatoms. The number of nitrogens with one attached hydrogen (secondary N) is 1. The van der Waals surface area contributed by atoms with Gasteiger partial charge in [-0.25, -0.2) is 4.79 Å². The summed E-state index contributed by atoms with van der Waals surface area (Å²) in [5.41, 5.74) is 0. The third-order valence-electron chi connectivity index (χ3n) is 2.52. The number of amides is 1. The fourth-order valence-electron chi connectivity index (χ4n) is 1.35. The SMILES string of the molecule is COC(=O)[C@H](C)C[C@H](NC(=O)C(C)C)C(=O)OC. The van der Waals surface area contributed by atoms with Gasteiger partial charge in [0, 0.05) is 5.92 Å². The molecule has 0 saturated heterocycles. The standard InChI is InChI=1S/C12H21NO5/c1-7(2)10(14)13-9(12(16)18-5)6-8(3)11(15)17-4/h7-9H,6H2,1-5H3,(H,13,14)/t8-,9+/m1/s1. The van der Waals surface area contributed by atoms with E-state index in [0.29, 0.717) is 0 Å². The topological polar surface area (TPSA) is 81.7 Å². The van der Waals surface area contributed by atoms with Gasteiger partial charge in [-0.3, -0.25) is 9.59 Å². The van der Waals surface area contributed by atoms with Crippen molar-refractivity contribution in [2.45, 2.75) is 33.2 Å². The van der Waals surface area contributed by atoms with Gasteiger partial charge < -0.3 is 14.8 Å². The van der Waals surface area contributed by atoms with E-state index < -0.39 is 23.9 Å². The Morgan fingerprint density at radius 2 is 1.50 bits per heavy atom. The van der Waals surface area contributed by atoms with Crippen LogP contribution in [0, 0.1) is 11.8 Å². The van der Waals surface area contributed by atoms with Crippen LogP contribution in [-0.2, 0) is 23.9 Å². The summed E-state index contributed by atoms with van der Waals surface area (Å²) in [5, 5.41) is 2.56. The largest absolute Gasteiger partial charge is 0.469 e. The Bertz CT molecular complexity index is 314. The molecule has 0 aromatic carbocycles. The van der Waals surface area contributed by atoms with Crippen molar-refractivity contribution < 1.29 is 23.9 Å². The van der Waals surface area contributed by atoms with Crippen molar-refractivity contribution in [1.82, 2.24) is 5.32 Å². The van der Waals surface area contributed by atoms with Crippen molar-refractivity contribution in [3.8, 4) is 0 Å². The maximum Gasteiger partial charge on any atom is 0.328 e. The molecule has 0 saturated carbocycles. The molecule has 0 aliphatic heterocycles. The van der Waals surface area contributed by atoms with Crippen LogP contribution < -0.4 is 5.32 Å². The van der Waals surface area contributed by atoms with E-state index in [1.54, 1.807) is 20.8 Å². The molecular formula is C12H21NO5. The van der Waals surface area contributed by atoms with E-state index in [-0.39, 0.29) is 18.2 Å². The van der Waals surface area contributed by atoms with Crippen molar-refractivity contribution in [3.05, 3.63) is 0 Å². The van der Waals surface area contributed by atoms with Crippen LogP contribution in [0.1, 0.15) is 27.2 Å². The first-order valence-electron chi connectivity index (χ1n) is 5.79. The molecule has 0 fully saturated rings. The second-order valence-electron chi connectivity index (χ2n) is 4.40. The van der Waals surface area contributed by atoms with Crippen LogP contribution in [0.5, 0.6) is 0 Å². The molecule has 6 nitrogen and oxygen atoms in total. The number of carbonyl (C=O) groups is 3. The monoisotopic (exact) mass is 259 g/mol. The summed E-state index contributed by atoms with van der Waals surface area (Å²) in [7, 11) is 2.51. The summed E-state index contributed by atoms with van der Waals surface area (Å²) in [6.45, 7) is 5.06. The molecule has 0 rings (SSSR count). The average Bonchev–Trinajstić information content (AvgIpc) is 2.35. The summed E-state index contributed by atoms with van der Waals surface area (Å²) >= 11 is 0. The Balaban J connectivity index is 4.65. The molecule has 0 aromatic heterocycles. The van der Waals surface area contributed by atoms with Gasteiger partial charge in [-0.1, -0.05) is 20.8 Å². The maximum absolute atomic E-state index is 11.6. The molecule has 0 radical (unpaired) electrons. The second-order valence-corrected chi connectivity index (χ2v) is 4.40. The van der Waals surface area contributed by atoms with Gasteiger partial charge in [-0.05, 0) is 6.42 Å². The number of methoxy groups -OCH3 is 2. The molecule has 2 atom stereocenters. The van der Waals surface area contributed by atoms with Gasteiger partial charge in [-0.2, -0.15) is 0 Å². The zero-order chi connectivity index (χ0) is 14.3. The van der Waals surface area contributed by atoms with Crippen molar-refractivity contribution in [2.75, 3.05) is 14.2 Å². The fourth-order valence-corrected chi connectivity index (χ4v) is 1.35. The Kier molecular flexibility index (Phi) is 7.00. The summed E-state index contributed by atoms with van der Waals surface area (Å²) in [4.78, 5) is 34.4. The lowest BCUT2D eigenvalue weighted by atomic mass is 10.0. The lowest BCUT2D eigenvalue weighted by Crippen LogP contribution is -2.44. The third-order valence-corrected chi connectivity index (χ3v) is 2.52. The van der Waals surface area contributed by atoms with Crippen molar-refractivity contribution >= 4 is 17.8 Å². The predicted molar refractivity (Wildman–Crippen MR) is 64.6 cm³/mol. The molecule has 1 amide bonds. The van der Waals surface area contributed by atoms with Crippen molar-refractivity contribution in [1.29, 1.82) is 0 Å². The van der Waals surface area contributed by atoms with Crippen LogP contribution >= 0.6 is 0 Å². The summed E-state index contributed by atoms with van der Waals surface area (Å²) in [6.07, 6.45) is 0.151. The first-order valence-corrected chi connectivity index (χ1v) is 5.79. The molecule has 1 N–H and O–H groups in total. The normalized spacial score (nSPS) is 13.7. The number of ether oxygens (including phenoxy) is 2. The van der Waals surface area contributed by atoms with E-state index >= 15 is 0 Å². The van der Waals surface area contributed by atoms with E-state index in [1.165, 1.54) is 14.2 Å². The summed E-state index contributed by atoms with van der Waals surface area (Å²) < 4.78 is 9.18. The molecule has 0 unspecified atom stereocenters. The number of rotatable bonds is 6. The molecule has 104 valence electrons. The lowest BCUT2D eigenvalue weighted by molar-refractivity contribution is -0.149. The van der Waals surface area contributed by atoms with Gasteiger partial charge in [-0.15, -0.1) is 0 Å². The highest BCUT2D eigenvalue weighted by Crippen LogP contribution is 2.10. The fraction of sp³-hybridized carbons (Fsp3) is 0.750. The molecule has 0 spiro atoms. The van der Waals surface area contributed by atoms with Crippen molar-refractivity contribution in [2.24, 2.45) is 11.8 Å². The van der Waals surface area contributed by atoms with E-state index in [9.17, 15) is 14.4 Å². The zero-order valence-corrected chi connectivity index (χ0v) is 11.5. The van der Waals surface area contributed by atoms with E-state index in [4.69, 9.17) is 0 Å². The van der Waals surface area contributed by atoms with Crippen molar-refractivity contribution in [3.63, 3.8) is 0 Å². The molecule has 0 bridgehead atoms. The Morgan fingerprint density at radius 3 is 1.89 bits per heavy atom. The van der Waals surface area contributed by atoms with Gasteiger partial charge in [0.25, 0.3) is 0 Å². The van der Waals surface area contributed by atoms with Gasteiger partial charge in [0.15, 0.2) is 0 Å². The van der Waals surface area contributed by atoms with E-state index in [0.717, 1.165) is 0 Å². The first kappa shape index (κ1) is 16.4. The average molecular weight is 259 g/mol. The van der Waals surface area contributed by atoms with E-state index in [2.05, 4.69) is 14.8 Å². The van der Waals surface area contributed by atoms with Crippen LogP contribution in [0.2, 0.25) is 0 Å². The highest BCUT2D eigenvalue weighted by atomic mass is 16.5. The summed E-state index contributed by atoms with van der Waals surface area (Å²) in [5.74, 6) is -2.00. The lowest BCUT2D eigenvalue weighted by Gasteiger charge is -2.20. The molecule has 0 heterocycles. The quantitative estimate of drug-likeness (QED) is 0.702. The van der Waals surface area contributed by atoms with Crippen LogP contribution in [0.15, 0.2) is 0 Å². The van der Waals surface area contributed by atoms with Crippen LogP contribution in [0.4, 0.5) is 0 Å². The zero-order valence-electron chi connectivity index (χ0n) is 11.5. The minimum atomic E-state index is -0.834. The summed E-state index contributed by atoms with van der Waals surface area (Å²) in [6, 6.07) is -0.834. The highest BCUT2D eigenvalue weighted by molar-refractivity contribution is 5.85. The highest BCUT2D eigenvalue weighted by Gasteiger charge is 2.27. The molecule has 0 aliphatic rings. The minimum Gasteiger partial charge on any atom is -0.469 e. The maximum atomic E-state index is 11.6. The Hall–Kier alpha value is -1.59. The second kappa shape index (κ2) is 7.68. The minimum absolute atomic E-state index is 0.151. The Labute approximate surface area is 107 Å². The van der Waals surface area contributed by atoms with Crippen LogP contribution in [-0.4, -0.2) is 38.1 Å². The number of carbonyl (C=O) groups excluding carboxylic acids is 3. The van der Waals surface area contributed by atoms with Crippen LogP contribution in [0.3, 0.4) is 0 Å². The first-order chi connectivity index (χ1) is 8.33. The van der Waals surface area contributed by atoms with Gasteiger partial charge in [0.05, 0.1) is 20.1 Å². The molecule has 0 aromatic rings. The number of hydrogen-bond donors (Lipinski definition) is 1. The molecule has 0 aliphatic carbocycles. The number of hydrogen-bond acceptors (Lipinski definition) is 5. The van der Waals surface area contributed by atoms with Gasteiger partial charge in [0.2, 0.25) is 5.91 Å². The number of esters is 2. The van der Waals surface area contributed by atoms with Crippen LogP contribution in [0.25, 0.3) is 0 Å². The van der Waals surface area contributed by atoms with Gasteiger partial charge in [0.1, 0.15) is 6.04 Å². The Morgan fingerprint density at radius 1 is 1.00 bits per heavy atom. The smallest absolute Gasteiger partial charge is 0.328 e. The molecule has 18 heavy (non-hydrogen) atoms. The molecular weight excluding hydrogens is 238 g/mol. The van der Waals surface area contributed by atoms with Gasteiger partial charge >= 0.3 is 11.9 Å². The third kappa shape index (κ3) is 5.16. The van der Waals surface area contributed by atoms with E-state index in [1.807, 2.05) is 0 Å². The predicted octanol–water partition coefficient (Wildman–Crippen LogP) is 0.499.